The molecule has 0 aromatic heterocycles. The van der Waals surface area contributed by atoms with Crippen LogP contribution < -0.4 is 10.2 Å². The second kappa shape index (κ2) is 8.80. The van der Waals surface area contributed by atoms with Gasteiger partial charge >= 0.3 is 0 Å². The van der Waals surface area contributed by atoms with Crippen LogP contribution in [0.15, 0.2) is 47.4 Å². The summed E-state index contributed by atoms with van der Waals surface area (Å²) in [6.45, 7) is 3.87. The molecule has 160 valence electrons. The van der Waals surface area contributed by atoms with Crippen LogP contribution in [0.2, 0.25) is 0 Å². The number of carbonyl (C=O) groups excluding carboxylic acids is 1. The summed E-state index contributed by atoms with van der Waals surface area (Å²) in [4.78, 5) is 27.3. The van der Waals surface area contributed by atoms with Crippen molar-refractivity contribution < 1.29 is 18.1 Å². The number of nitrogens with zero attached hydrogens (tertiary/aromatic N) is 3. The minimum Gasteiger partial charge on any atom is -0.369 e. The zero-order valence-electron chi connectivity index (χ0n) is 16.9. The van der Waals surface area contributed by atoms with Gasteiger partial charge in [0.1, 0.15) is 0 Å². The molecule has 2 aromatic rings. The average molecular weight is 433 g/mol. The van der Waals surface area contributed by atoms with E-state index in [9.17, 15) is 23.3 Å². The number of hydrogen-bond acceptors (Lipinski definition) is 7. The van der Waals surface area contributed by atoms with Gasteiger partial charge in [-0.2, -0.15) is 0 Å². The topological polar surface area (TPSA) is 113 Å². The van der Waals surface area contributed by atoms with Crippen LogP contribution in [0.25, 0.3) is 0 Å². The predicted molar refractivity (Wildman–Crippen MR) is 114 cm³/mol. The van der Waals surface area contributed by atoms with E-state index in [0.717, 1.165) is 61.9 Å². The second-order valence-corrected chi connectivity index (χ2v) is 9.36. The summed E-state index contributed by atoms with van der Waals surface area (Å²) in [7, 11) is -1.63. The van der Waals surface area contributed by atoms with E-state index in [1.807, 2.05) is 24.3 Å². The van der Waals surface area contributed by atoms with Gasteiger partial charge < -0.3 is 15.1 Å². The standard InChI is InChI=1S/C20H24N4O5S/c1-22-7-9-23(10-8-22)19-6-4-3-5-15(19)14-21-20(25)16-11-17(24(26)27)13-18(12-16)30(2,28)29/h3-6,11-13H,7-10,14H2,1-2H3,(H,21,25). The number of non-ortho nitro benzene ring substituents is 1. The van der Waals surface area contributed by atoms with Gasteiger partial charge in [-0.15, -0.1) is 0 Å². The fourth-order valence-corrected chi connectivity index (χ4v) is 4.00. The molecule has 0 atom stereocenters. The van der Waals surface area contributed by atoms with Crippen molar-refractivity contribution >= 4 is 27.1 Å². The first-order chi connectivity index (χ1) is 14.1. The maximum Gasteiger partial charge on any atom is 0.271 e. The fraction of sp³-hybridized carbons (Fsp3) is 0.350. The highest BCUT2D eigenvalue weighted by atomic mass is 32.2. The van der Waals surface area contributed by atoms with Crippen LogP contribution in [0, 0.1) is 10.1 Å². The number of likely N-dealkylation sites (N-methyl/N-ethyl adjacent to an activating group) is 1. The minimum atomic E-state index is -3.70. The van der Waals surface area contributed by atoms with Crippen LogP contribution in [0.1, 0.15) is 15.9 Å². The number of para-hydroxylation sites is 1. The number of nitro groups is 1. The molecule has 1 aliphatic heterocycles. The molecule has 1 N–H and O–H groups in total. The molecule has 1 aliphatic rings. The van der Waals surface area contributed by atoms with E-state index in [1.165, 1.54) is 0 Å². The van der Waals surface area contributed by atoms with Gasteiger partial charge in [0.05, 0.1) is 9.82 Å². The van der Waals surface area contributed by atoms with Gasteiger partial charge in [-0.1, -0.05) is 18.2 Å². The van der Waals surface area contributed by atoms with Crippen molar-refractivity contribution in [1.82, 2.24) is 10.2 Å². The normalized spacial score (nSPS) is 15.1. The van der Waals surface area contributed by atoms with E-state index in [4.69, 9.17) is 0 Å². The highest BCUT2D eigenvalue weighted by Gasteiger charge is 2.20. The Hall–Kier alpha value is -2.98. The number of sulfone groups is 1. The molecule has 30 heavy (non-hydrogen) atoms. The first-order valence-electron chi connectivity index (χ1n) is 9.44. The maximum atomic E-state index is 12.7. The Labute approximate surface area is 175 Å². The lowest BCUT2D eigenvalue weighted by atomic mass is 10.1. The molecule has 0 radical (unpaired) electrons. The number of benzene rings is 2. The summed E-state index contributed by atoms with van der Waals surface area (Å²) >= 11 is 0. The zero-order valence-corrected chi connectivity index (χ0v) is 17.7. The summed E-state index contributed by atoms with van der Waals surface area (Å²) in [5.74, 6) is -0.572. The van der Waals surface area contributed by atoms with E-state index in [2.05, 4.69) is 22.2 Å². The number of anilines is 1. The predicted octanol–water partition coefficient (Wildman–Crippen LogP) is 1.68. The summed E-state index contributed by atoms with van der Waals surface area (Å²) in [5, 5.41) is 13.9. The van der Waals surface area contributed by atoms with Crippen LogP contribution in [-0.2, 0) is 16.4 Å². The van der Waals surface area contributed by atoms with Gasteiger partial charge in [-0.3, -0.25) is 14.9 Å². The molecule has 3 rings (SSSR count). The monoisotopic (exact) mass is 432 g/mol. The van der Waals surface area contributed by atoms with Gasteiger partial charge in [0.2, 0.25) is 0 Å². The number of piperazine rings is 1. The molecule has 0 bridgehead atoms. The fourth-order valence-electron chi connectivity index (χ4n) is 3.33. The van der Waals surface area contributed by atoms with Gasteiger partial charge in [-0.25, -0.2) is 8.42 Å². The number of nitrogens with one attached hydrogen (secondary N) is 1. The maximum absolute atomic E-state index is 12.7. The van der Waals surface area contributed by atoms with Crippen molar-refractivity contribution in [3.05, 3.63) is 63.7 Å². The van der Waals surface area contributed by atoms with Crippen LogP contribution >= 0.6 is 0 Å². The minimum absolute atomic E-state index is 0.0679. The van der Waals surface area contributed by atoms with Crippen molar-refractivity contribution in [3.63, 3.8) is 0 Å². The van der Waals surface area contributed by atoms with Crippen LogP contribution in [-0.4, -0.2) is 63.6 Å². The molecule has 1 amide bonds. The van der Waals surface area contributed by atoms with Gasteiger partial charge in [0, 0.05) is 62.4 Å². The highest BCUT2D eigenvalue weighted by Crippen LogP contribution is 2.23. The largest absolute Gasteiger partial charge is 0.369 e. The Kier molecular flexibility index (Phi) is 6.37. The van der Waals surface area contributed by atoms with Crippen molar-refractivity contribution in [3.8, 4) is 0 Å². The lowest BCUT2D eigenvalue weighted by Gasteiger charge is -2.35. The summed E-state index contributed by atoms with van der Waals surface area (Å²) in [5.41, 5.74) is 1.44. The Morgan fingerprint density at radius 3 is 2.43 bits per heavy atom. The molecule has 1 saturated heterocycles. The first kappa shape index (κ1) is 21.7. The smallest absolute Gasteiger partial charge is 0.271 e. The van der Waals surface area contributed by atoms with Crippen molar-refractivity contribution in [2.24, 2.45) is 0 Å². The van der Waals surface area contributed by atoms with Crippen molar-refractivity contribution in [2.75, 3.05) is 44.4 Å². The molecule has 9 nitrogen and oxygen atoms in total. The molecule has 10 heteroatoms. The lowest BCUT2D eigenvalue weighted by Crippen LogP contribution is -2.45. The van der Waals surface area contributed by atoms with Crippen molar-refractivity contribution in [2.45, 2.75) is 11.4 Å². The summed E-state index contributed by atoms with van der Waals surface area (Å²) < 4.78 is 23.7. The molecule has 0 saturated carbocycles. The molecule has 0 aliphatic carbocycles. The number of nitro benzene ring substituents is 1. The van der Waals surface area contributed by atoms with E-state index >= 15 is 0 Å². The third kappa shape index (κ3) is 5.14. The average Bonchev–Trinajstić information content (AvgIpc) is 2.72. The molecule has 0 spiro atoms. The number of hydrogen-bond donors (Lipinski definition) is 1. The van der Waals surface area contributed by atoms with Crippen LogP contribution in [0.5, 0.6) is 0 Å². The molecule has 1 fully saturated rings. The quantitative estimate of drug-likeness (QED) is 0.546. The summed E-state index contributed by atoms with van der Waals surface area (Å²) in [6.07, 6.45) is 0.944. The Balaban J connectivity index is 1.80. The molecular formula is C20H24N4O5S. The number of carbonyl (C=O) groups is 1. The third-order valence-electron chi connectivity index (χ3n) is 5.07. The van der Waals surface area contributed by atoms with Crippen molar-refractivity contribution in [1.29, 1.82) is 0 Å². The number of rotatable bonds is 6. The highest BCUT2D eigenvalue weighted by molar-refractivity contribution is 7.90. The first-order valence-corrected chi connectivity index (χ1v) is 11.3. The Morgan fingerprint density at radius 1 is 1.13 bits per heavy atom. The van der Waals surface area contributed by atoms with Gasteiger partial charge in [-0.05, 0) is 24.7 Å². The lowest BCUT2D eigenvalue weighted by molar-refractivity contribution is -0.385. The molecule has 2 aromatic carbocycles. The Bertz CT molecular complexity index is 1060. The molecule has 1 heterocycles. The molecular weight excluding hydrogens is 408 g/mol. The number of amides is 1. The van der Waals surface area contributed by atoms with E-state index in [1.54, 1.807) is 0 Å². The van der Waals surface area contributed by atoms with Crippen LogP contribution in [0.3, 0.4) is 0 Å². The van der Waals surface area contributed by atoms with E-state index in [0.29, 0.717) is 0 Å². The summed E-state index contributed by atoms with van der Waals surface area (Å²) in [6, 6.07) is 10.9. The third-order valence-corrected chi connectivity index (χ3v) is 6.16. The second-order valence-electron chi connectivity index (χ2n) is 7.35. The van der Waals surface area contributed by atoms with Gasteiger partial charge in [0.15, 0.2) is 9.84 Å². The van der Waals surface area contributed by atoms with Crippen LogP contribution in [0.4, 0.5) is 11.4 Å². The Morgan fingerprint density at radius 2 is 1.80 bits per heavy atom. The molecule has 0 unspecified atom stereocenters. The SMILES string of the molecule is CN1CCN(c2ccccc2CNC(=O)c2cc([N+](=O)[O-])cc(S(C)(=O)=O)c2)CC1. The van der Waals surface area contributed by atoms with Gasteiger partial charge in [0.25, 0.3) is 11.6 Å². The van der Waals surface area contributed by atoms with E-state index in [-0.39, 0.29) is 17.0 Å². The zero-order chi connectivity index (χ0) is 21.9. The van der Waals surface area contributed by atoms with E-state index < -0.39 is 26.4 Å².